The molecule has 2 heterocycles. The molecule has 1 aromatic carbocycles. The summed E-state index contributed by atoms with van der Waals surface area (Å²) in [5.74, 6) is 0. The largest absolute Gasteiger partial charge is 0.380 e. The van der Waals surface area contributed by atoms with Gasteiger partial charge in [0.15, 0.2) is 0 Å². The fraction of sp³-hybridized carbons (Fsp3) is 0.308. The number of nitrogens with zero attached hydrogens (tertiary/aromatic N) is 2. The van der Waals surface area contributed by atoms with Gasteiger partial charge in [0.25, 0.3) is 0 Å². The third-order valence-electron chi connectivity index (χ3n) is 2.95. The van der Waals surface area contributed by atoms with Crippen molar-refractivity contribution in [3.05, 3.63) is 43.0 Å². The third kappa shape index (κ3) is 2.31. The summed E-state index contributed by atoms with van der Waals surface area (Å²) in [6, 6.07) is 8.76. The quantitative estimate of drug-likeness (QED) is 0.875. The molecule has 1 unspecified atom stereocenters. The molecule has 1 fully saturated rings. The first-order valence-electron chi connectivity index (χ1n) is 5.84. The summed E-state index contributed by atoms with van der Waals surface area (Å²) in [7, 11) is 0. The lowest BCUT2D eigenvalue weighted by atomic mass is 10.2. The first-order valence-corrected chi connectivity index (χ1v) is 5.84. The topological polar surface area (TPSA) is 39.1 Å². The van der Waals surface area contributed by atoms with E-state index in [9.17, 15) is 0 Å². The highest BCUT2D eigenvalue weighted by molar-refractivity contribution is 5.51. The van der Waals surface area contributed by atoms with Crippen LogP contribution in [-0.2, 0) is 4.74 Å². The van der Waals surface area contributed by atoms with E-state index >= 15 is 0 Å². The Balaban J connectivity index is 1.79. The smallest absolute Gasteiger partial charge is 0.0991 e. The summed E-state index contributed by atoms with van der Waals surface area (Å²) in [6.07, 6.45) is 6.61. The minimum Gasteiger partial charge on any atom is -0.380 e. The summed E-state index contributed by atoms with van der Waals surface area (Å²) < 4.78 is 7.35. The molecule has 0 saturated carbocycles. The van der Waals surface area contributed by atoms with Crippen LogP contribution in [0.25, 0.3) is 5.69 Å². The zero-order valence-corrected chi connectivity index (χ0v) is 9.54. The van der Waals surface area contributed by atoms with Crippen LogP contribution < -0.4 is 5.32 Å². The Labute approximate surface area is 100 Å². The third-order valence-corrected chi connectivity index (χ3v) is 2.95. The number of hydrogen-bond acceptors (Lipinski definition) is 3. The Morgan fingerprint density at radius 2 is 2.41 bits per heavy atom. The van der Waals surface area contributed by atoms with Crippen molar-refractivity contribution in [3.8, 4) is 5.69 Å². The van der Waals surface area contributed by atoms with Crippen molar-refractivity contribution < 1.29 is 4.74 Å². The molecule has 4 heteroatoms. The second-order valence-corrected chi connectivity index (χ2v) is 4.23. The van der Waals surface area contributed by atoms with Crippen molar-refractivity contribution >= 4 is 5.69 Å². The molecule has 1 atom stereocenters. The Hall–Kier alpha value is -1.81. The van der Waals surface area contributed by atoms with Gasteiger partial charge in [0, 0.05) is 30.4 Å². The van der Waals surface area contributed by atoms with Crippen LogP contribution in [0, 0.1) is 0 Å². The van der Waals surface area contributed by atoms with Crippen LogP contribution in [0.15, 0.2) is 43.0 Å². The van der Waals surface area contributed by atoms with Crippen LogP contribution in [0.5, 0.6) is 0 Å². The van der Waals surface area contributed by atoms with Crippen molar-refractivity contribution in [2.24, 2.45) is 0 Å². The van der Waals surface area contributed by atoms with Gasteiger partial charge in [-0.2, -0.15) is 0 Å². The molecule has 0 aliphatic carbocycles. The summed E-state index contributed by atoms with van der Waals surface area (Å²) >= 11 is 0. The number of imidazole rings is 1. The highest BCUT2D eigenvalue weighted by Gasteiger charge is 2.14. The fourth-order valence-corrected chi connectivity index (χ4v) is 2.05. The van der Waals surface area contributed by atoms with E-state index in [1.165, 1.54) is 0 Å². The molecule has 0 spiro atoms. The number of anilines is 1. The zero-order chi connectivity index (χ0) is 11.5. The van der Waals surface area contributed by atoms with E-state index in [1.54, 1.807) is 12.5 Å². The van der Waals surface area contributed by atoms with Crippen molar-refractivity contribution in [2.75, 3.05) is 18.5 Å². The molecule has 4 nitrogen and oxygen atoms in total. The second kappa shape index (κ2) is 4.59. The Morgan fingerprint density at radius 3 is 3.18 bits per heavy atom. The van der Waals surface area contributed by atoms with Crippen molar-refractivity contribution in [2.45, 2.75) is 12.5 Å². The molecule has 3 rings (SSSR count). The molecule has 0 amide bonds. The lowest BCUT2D eigenvalue weighted by Crippen LogP contribution is -2.18. The van der Waals surface area contributed by atoms with Gasteiger partial charge >= 0.3 is 0 Å². The number of nitrogens with one attached hydrogen (secondary N) is 1. The number of aromatic nitrogens is 2. The molecule has 1 saturated heterocycles. The maximum atomic E-state index is 5.35. The van der Waals surface area contributed by atoms with Gasteiger partial charge in [-0.3, -0.25) is 0 Å². The standard InChI is InChI=1S/C13H15N3O/c1-2-11(15-12-4-7-17-9-12)8-13(3-1)16-6-5-14-10-16/h1-3,5-6,8,10,12,15H,4,7,9H2. The predicted octanol–water partition coefficient (Wildman–Crippen LogP) is 2.07. The van der Waals surface area contributed by atoms with E-state index in [0.717, 1.165) is 31.0 Å². The molecule has 88 valence electrons. The maximum absolute atomic E-state index is 5.35. The van der Waals surface area contributed by atoms with Crippen molar-refractivity contribution in [1.82, 2.24) is 9.55 Å². The molecular formula is C13H15N3O. The number of ether oxygens (including phenoxy) is 1. The lowest BCUT2D eigenvalue weighted by molar-refractivity contribution is 0.195. The average molecular weight is 229 g/mol. The number of hydrogen-bond donors (Lipinski definition) is 1. The van der Waals surface area contributed by atoms with Crippen molar-refractivity contribution in [1.29, 1.82) is 0 Å². The minimum absolute atomic E-state index is 0.438. The molecule has 2 aromatic rings. The first-order chi connectivity index (χ1) is 8.42. The van der Waals surface area contributed by atoms with Crippen LogP contribution >= 0.6 is 0 Å². The van der Waals surface area contributed by atoms with Gasteiger partial charge in [-0.1, -0.05) is 6.07 Å². The SMILES string of the molecule is c1cc(NC2CCOC2)cc(-n2ccnc2)c1. The molecule has 1 aromatic heterocycles. The molecule has 1 N–H and O–H groups in total. The van der Waals surface area contributed by atoms with Gasteiger partial charge in [-0.25, -0.2) is 4.98 Å². The van der Waals surface area contributed by atoms with Crippen LogP contribution in [0.3, 0.4) is 0 Å². The monoisotopic (exact) mass is 229 g/mol. The Morgan fingerprint density at radius 1 is 1.41 bits per heavy atom. The molecule has 17 heavy (non-hydrogen) atoms. The lowest BCUT2D eigenvalue weighted by Gasteiger charge is -2.13. The van der Waals surface area contributed by atoms with Gasteiger partial charge in [0.1, 0.15) is 0 Å². The highest BCUT2D eigenvalue weighted by atomic mass is 16.5. The minimum atomic E-state index is 0.438. The second-order valence-electron chi connectivity index (χ2n) is 4.23. The van der Waals surface area contributed by atoms with Gasteiger partial charge in [-0.05, 0) is 24.6 Å². The van der Waals surface area contributed by atoms with E-state index in [4.69, 9.17) is 4.74 Å². The van der Waals surface area contributed by atoms with Crippen molar-refractivity contribution in [3.63, 3.8) is 0 Å². The highest BCUT2D eigenvalue weighted by Crippen LogP contribution is 2.17. The number of benzene rings is 1. The maximum Gasteiger partial charge on any atom is 0.0991 e. The van der Waals surface area contributed by atoms with Gasteiger partial charge in [0.05, 0.1) is 19.0 Å². The van der Waals surface area contributed by atoms with E-state index in [0.29, 0.717) is 6.04 Å². The van der Waals surface area contributed by atoms with E-state index < -0.39 is 0 Å². The van der Waals surface area contributed by atoms with E-state index in [2.05, 4.69) is 28.5 Å². The van der Waals surface area contributed by atoms with Gasteiger partial charge < -0.3 is 14.6 Å². The molecule has 0 bridgehead atoms. The summed E-state index contributed by atoms with van der Waals surface area (Å²) in [6.45, 7) is 1.66. The summed E-state index contributed by atoms with van der Waals surface area (Å²) in [5.41, 5.74) is 2.25. The molecule has 1 aliphatic heterocycles. The zero-order valence-electron chi connectivity index (χ0n) is 9.54. The fourth-order valence-electron chi connectivity index (χ4n) is 2.05. The number of rotatable bonds is 3. The summed E-state index contributed by atoms with van der Waals surface area (Å²) in [4.78, 5) is 4.05. The molecule has 1 aliphatic rings. The normalized spacial score (nSPS) is 19.4. The molecular weight excluding hydrogens is 214 g/mol. The van der Waals surface area contributed by atoms with E-state index in [1.807, 2.05) is 16.8 Å². The van der Waals surface area contributed by atoms with Crippen LogP contribution in [0.2, 0.25) is 0 Å². The predicted molar refractivity (Wildman–Crippen MR) is 66.4 cm³/mol. The first kappa shape index (κ1) is 10.4. The molecule has 0 radical (unpaired) electrons. The van der Waals surface area contributed by atoms with Crippen LogP contribution in [0.4, 0.5) is 5.69 Å². The average Bonchev–Trinajstić information content (AvgIpc) is 3.01. The van der Waals surface area contributed by atoms with Crippen LogP contribution in [-0.4, -0.2) is 28.8 Å². The van der Waals surface area contributed by atoms with Gasteiger partial charge in [-0.15, -0.1) is 0 Å². The Kier molecular flexibility index (Phi) is 2.80. The van der Waals surface area contributed by atoms with E-state index in [-0.39, 0.29) is 0 Å². The van der Waals surface area contributed by atoms with Crippen LogP contribution in [0.1, 0.15) is 6.42 Å². The Bertz CT molecular complexity index is 475. The summed E-state index contributed by atoms with van der Waals surface area (Å²) in [5, 5.41) is 3.48. The van der Waals surface area contributed by atoms with Gasteiger partial charge in [0.2, 0.25) is 0 Å².